The van der Waals surface area contributed by atoms with Crippen LogP contribution in [-0.4, -0.2) is 16.1 Å². The summed E-state index contributed by atoms with van der Waals surface area (Å²) >= 11 is 0. The molecular formula is C18H18N2O. The van der Waals surface area contributed by atoms with E-state index >= 15 is 0 Å². The van der Waals surface area contributed by atoms with Crippen molar-refractivity contribution in [3.8, 4) is 5.75 Å². The van der Waals surface area contributed by atoms with E-state index < -0.39 is 0 Å². The van der Waals surface area contributed by atoms with Crippen molar-refractivity contribution in [2.75, 3.05) is 5.32 Å². The monoisotopic (exact) mass is 278 g/mol. The minimum Gasteiger partial charge on any atom is -0.508 e. The van der Waals surface area contributed by atoms with Crippen LogP contribution in [-0.2, 0) is 6.42 Å². The largest absolute Gasteiger partial charge is 0.508 e. The fraction of sp³-hybridized carbons (Fsp3) is 0.167. The molecule has 3 nitrogen and oxygen atoms in total. The van der Waals surface area contributed by atoms with Gasteiger partial charge in [0.2, 0.25) is 0 Å². The number of hydrogen-bond acceptors (Lipinski definition) is 3. The SMILES string of the molecule is CC(Cc1ccc(O)cc1)Nc1cccc2cnccc12. The lowest BCUT2D eigenvalue weighted by atomic mass is 10.1. The van der Waals surface area contributed by atoms with Crippen LogP contribution in [0.15, 0.2) is 60.9 Å². The van der Waals surface area contributed by atoms with E-state index in [-0.39, 0.29) is 0 Å². The summed E-state index contributed by atoms with van der Waals surface area (Å²) in [6, 6.07) is 15.9. The smallest absolute Gasteiger partial charge is 0.115 e. The molecule has 1 aromatic heterocycles. The number of hydrogen-bond donors (Lipinski definition) is 2. The van der Waals surface area contributed by atoms with Crippen LogP contribution < -0.4 is 5.32 Å². The number of pyridine rings is 1. The molecule has 0 amide bonds. The molecule has 21 heavy (non-hydrogen) atoms. The maximum atomic E-state index is 9.32. The van der Waals surface area contributed by atoms with Crippen molar-refractivity contribution >= 4 is 16.5 Å². The van der Waals surface area contributed by atoms with Crippen LogP contribution in [0.3, 0.4) is 0 Å². The second-order valence-corrected chi connectivity index (χ2v) is 5.32. The van der Waals surface area contributed by atoms with Gasteiger partial charge in [-0.15, -0.1) is 0 Å². The summed E-state index contributed by atoms with van der Waals surface area (Å²) in [6.45, 7) is 2.16. The highest BCUT2D eigenvalue weighted by Crippen LogP contribution is 2.23. The number of phenolic OH excluding ortho intramolecular Hbond substituents is 1. The Morgan fingerprint density at radius 1 is 1.10 bits per heavy atom. The Balaban J connectivity index is 1.77. The van der Waals surface area contributed by atoms with E-state index in [1.807, 2.05) is 36.7 Å². The molecule has 0 aliphatic carbocycles. The van der Waals surface area contributed by atoms with E-state index in [1.54, 1.807) is 12.1 Å². The zero-order valence-electron chi connectivity index (χ0n) is 12.0. The van der Waals surface area contributed by atoms with Gasteiger partial charge in [0.05, 0.1) is 0 Å². The van der Waals surface area contributed by atoms with Gasteiger partial charge in [0.25, 0.3) is 0 Å². The van der Waals surface area contributed by atoms with Crippen LogP contribution in [0.2, 0.25) is 0 Å². The molecule has 0 aliphatic rings. The Morgan fingerprint density at radius 3 is 2.71 bits per heavy atom. The maximum absolute atomic E-state index is 9.32. The minimum absolute atomic E-state index is 0.299. The Kier molecular flexibility index (Phi) is 3.73. The predicted molar refractivity (Wildman–Crippen MR) is 86.6 cm³/mol. The van der Waals surface area contributed by atoms with E-state index in [0.717, 1.165) is 17.5 Å². The van der Waals surface area contributed by atoms with E-state index in [9.17, 15) is 5.11 Å². The van der Waals surface area contributed by atoms with Crippen LogP contribution in [0.5, 0.6) is 5.75 Å². The topological polar surface area (TPSA) is 45.1 Å². The van der Waals surface area contributed by atoms with Crippen molar-refractivity contribution in [1.82, 2.24) is 4.98 Å². The normalized spacial score (nSPS) is 12.2. The number of fused-ring (bicyclic) bond motifs is 1. The fourth-order valence-electron chi connectivity index (χ4n) is 2.55. The van der Waals surface area contributed by atoms with Crippen LogP contribution in [0.1, 0.15) is 12.5 Å². The summed E-state index contributed by atoms with van der Waals surface area (Å²) in [5.74, 6) is 0.306. The van der Waals surface area contributed by atoms with Gasteiger partial charge in [-0.05, 0) is 43.2 Å². The van der Waals surface area contributed by atoms with Crippen LogP contribution in [0.4, 0.5) is 5.69 Å². The van der Waals surface area contributed by atoms with Gasteiger partial charge in [-0.3, -0.25) is 4.98 Å². The fourth-order valence-corrected chi connectivity index (χ4v) is 2.55. The van der Waals surface area contributed by atoms with Gasteiger partial charge in [-0.25, -0.2) is 0 Å². The summed E-state index contributed by atoms with van der Waals surface area (Å²) in [5, 5.41) is 15.2. The molecule has 2 N–H and O–H groups in total. The average molecular weight is 278 g/mol. The molecule has 0 saturated heterocycles. The van der Waals surface area contributed by atoms with Crippen molar-refractivity contribution in [1.29, 1.82) is 0 Å². The Morgan fingerprint density at radius 2 is 1.90 bits per heavy atom. The Labute approximate surface area is 124 Å². The zero-order chi connectivity index (χ0) is 14.7. The number of nitrogens with zero attached hydrogens (tertiary/aromatic N) is 1. The van der Waals surface area contributed by atoms with Crippen molar-refractivity contribution in [3.05, 3.63) is 66.5 Å². The van der Waals surface area contributed by atoms with Gasteiger partial charge in [0.15, 0.2) is 0 Å². The number of benzene rings is 2. The molecule has 106 valence electrons. The first-order valence-corrected chi connectivity index (χ1v) is 7.09. The first kappa shape index (κ1) is 13.4. The number of anilines is 1. The highest BCUT2D eigenvalue weighted by Gasteiger charge is 2.06. The molecule has 2 aromatic carbocycles. The first-order chi connectivity index (χ1) is 10.2. The number of phenols is 1. The number of nitrogens with one attached hydrogen (secondary N) is 1. The van der Waals surface area contributed by atoms with Crippen molar-refractivity contribution in [2.45, 2.75) is 19.4 Å². The molecule has 0 aliphatic heterocycles. The summed E-state index contributed by atoms with van der Waals surface area (Å²) in [4.78, 5) is 4.16. The second kappa shape index (κ2) is 5.83. The van der Waals surface area contributed by atoms with Crippen molar-refractivity contribution < 1.29 is 5.11 Å². The summed E-state index contributed by atoms with van der Waals surface area (Å²) < 4.78 is 0. The van der Waals surface area contributed by atoms with Crippen molar-refractivity contribution in [2.24, 2.45) is 0 Å². The van der Waals surface area contributed by atoms with E-state index in [2.05, 4.69) is 29.4 Å². The molecule has 1 atom stereocenters. The van der Waals surface area contributed by atoms with Gasteiger partial charge in [0, 0.05) is 34.9 Å². The molecule has 0 bridgehead atoms. The summed E-state index contributed by atoms with van der Waals surface area (Å²) in [5.41, 5.74) is 2.33. The number of rotatable bonds is 4. The third-order valence-corrected chi connectivity index (χ3v) is 3.56. The molecule has 3 heteroatoms. The zero-order valence-corrected chi connectivity index (χ0v) is 12.0. The van der Waals surface area contributed by atoms with Gasteiger partial charge in [-0.2, -0.15) is 0 Å². The molecule has 1 heterocycles. The molecule has 0 saturated carbocycles. The molecule has 3 rings (SSSR count). The van der Waals surface area contributed by atoms with Crippen LogP contribution in [0, 0.1) is 0 Å². The van der Waals surface area contributed by atoms with Crippen LogP contribution >= 0.6 is 0 Å². The molecule has 3 aromatic rings. The third-order valence-electron chi connectivity index (χ3n) is 3.56. The van der Waals surface area contributed by atoms with E-state index in [1.165, 1.54) is 10.9 Å². The highest BCUT2D eigenvalue weighted by molar-refractivity contribution is 5.93. The molecular weight excluding hydrogens is 260 g/mol. The molecule has 0 radical (unpaired) electrons. The van der Waals surface area contributed by atoms with Gasteiger partial charge < -0.3 is 10.4 Å². The Bertz CT molecular complexity index is 732. The van der Waals surface area contributed by atoms with E-state index in [4.69, 9.17) is 0 Å². The van der Waals surface area contributed by atoms with Crippen molar-refractivity contribution in [3.63, 3.8) is 0 Å². The molecule has 0 fully saturated rings. The second-order valence-electron chi connectivity index (χ2n) is 5.32. The van der Waals surface area contributed by atoms with Gasteiger partial charge >= 0.3 is 0 Å². The van der Waals surface area contributed by atoms with E-state index in [0.29, 0.717) is 11.8 Å². The quantitative estimate of drug-likeness (QED) is 0.758. The standard InChI is InChI=1S/C18H18N2O/c1-13(11-14-5-7-16(21)8-6-14)20-18-4-2-3-15-12-19-10-9-17(15)18/h2-10,12-13,20-21H,11H2,1H3. The molecule has 0 spiro atoms. The lowest BCUT2D eigenvalue weighted by molar-refractivity contribution is 0.475. The average Bonchev–Trinajstić information content (AvgIpc) is 2.50. The lowest BCUT2D eigenvalue weighted by Gasteiger charge is -2.17. The maximum Gasteiger partial charge on any atom is 0.115 e. The molecule has 1 unspecified atom stereocenters. The first-order valence-electron chi connectivity index (χ1n) is 7.09. The Hall–Kier alpha value is -2.55. The predicted octanol–water partition coefficient (Wildman–Crippen LogP) is 3.98. The minimum atomic E-state index is 0.299. The van der Waals surface area contributed by atoms with Gasteiger partial charge in [-0.1, -0.05) is 24.3 Å². The van der Waals surface area contributed by atoms with Crippen LogP contribution in [0.25, 0.3) is 10.8 Å². The number of aromatic nitrogens is 1. The summed E-state index contributed by atoms with van der Waals surface area (Å²) in [6.07, 6.45) is 4.60. The highest BCUT2D eigenvalue weighted by atomic mass is 16.3. The van der Waals surface area contributed by atoms with Gasteiger partial charge in [0.1, 0.15) is 5.75 Å². The lowest BCUT2D eigenvalue weighted by Crippen LogP contribution is -2.18. The summed E-state index contributed by atoms with van der Waals surface area (Å²) in [7, 11) is 0. The third kappa shape index (κ3) is 3.14. The number of aromatic hydroxyl groups is 1.